The van der Waals surface area contributed by atoms with Gasteiger partial charge in [-0.05, 0) is 39.5 Å². The van der Waals surface area contributed by atoms with Crippen molar-refractivity contribution in [1.29, 1.82) is 0 Å². The number of halogens is 1. The average molecular weight is 276 g/mol. The first-order chi connectivity index (χ1) is 8.08. The van der Waals surface area contributed by atoms with Crippen LogP contribution in [0.5, 0.6) is 0 Å². The van der Waals surface area contributed by atoms with Crippen LogP contribution in [0, 0.1) is 0 Å². The predicted octanol–water partition coefficient (Wildman–Crippen LogP) is 1.23. The minimum Gasteiger partial charge on any atom is -0.336 e. The lowest BCUT2D eigenvalue weighted by atomic mass is 9.97. The molecule has 0 aromatic rings. The molecule has 2 aliphatic rings. The first-order valence-electron chi connectivity index (χ1n) is 6.87. The van der Waals surface area contributed by atoms with Crippen LogP contribution in [-0.4, -0.2) is 53.5 Å². The van der Waals surface area contributed by atoms with Crippen molar-refractivity contribution in [3.8, 4) is 0 Å². The summed E-state index contributed by atoms with van der Waals surface area (Å²) in [4.78, 5) is 16.6. The van der Waals surface area contributed by atoms with Crippen molar-refractivity contribution in [2.24, 2.45) is 5.73 Å². The van der Waals surface area contributed by atoms with Gasteiger partial charge in [-0.25, -0.2) is 0 Å². The molecule has 2 fully saturated rings. The summed E-state index contributed by atoms with van der Waals surface area (Å²) in [6.07, 6.45) is 4.57. The highest BCUT2D eigenvalue weighted by Gasteiger charge is 2.30. The molecular weight excluding hydrogens is 250 g/mol. The number of hydrogen-bond donors (Lipinski definition) is 1. The number of carbonyl (C=O) groups excluding carboxylic acids is 1. The maximum absolute atomic E-state index is 12.3. The molecule has 0 aromatic heterocycles. The van der Waals surface area contributed by atoms with Crippen molar-refractivity contribution in [2.45, 2.75) is 57.7 Å². The van der Waals surface area contributed by atoms with Crippen molar-refractivity contribution in [2.75, 3.05) is 19.6 Å². The zero-order valence-electron chi connectivity index (χ0n) is 11.5. The monoisotopic (exact) mass is 275 g/mol. The minimum atomic E-state index is 0. The van der Waals surface area contributed by atoms with E-state index in [9.17, 15) is 4.79 Å². The molecular formula is C13H26ClN3O. The van der Waals surface area contributed by atoms with Gasteiger partial charge < -0.3 is 10.6 Å². The molecule has 2 N–H and O–H groups in total. The van der Waals surface area contributed by atoms with Crippen LogP contribution in [0.3, 0.4) is 0 Å². The number of nitrogens with zero attached hydrogens (tertiary/aromatic N) is 2. The maximum atomic E-state index is 12.3. The zero-order chi connectivity index (χ0) is 12.4. The van der Waals surface area contributed by atoms with Gasteiger partial charge in [-0.3, -0.25) is 9.69 Å². The fourth-order valence-electron chi connectivity index (χ4n) is 3.19. The Kier molecular flexibility index (Phi) is 5.89. The van der Waals surface area contributed by atoms with Crippen LogP contribution in [0.1, 0.15) is 39.5 Å². The Morgan fingerprint density at radius 1 is 1.22 bits per heavy atom. The summed E-state index contributed by atoms with van der Waals surface area (Å²) in [6.45, 7) is 6.75. The number of rotatable bonds is 2. The highest BCUT2D eigenvalue weighted by atomic mass is 35.5. The highest BCUT2D eigenvalue weighted by molar-refractivity contribution is 5.85. The van der Waals surface area contributed by atoms with Crippen LogP contribution in [0.25, 0.3) is 0 Å². The fourth-order valence-corrected chi connectivity index (χ4v) is 3.19. The van der Waals surface area contributed by atoms with Gasteiger partial charge in [-0.1, -0.05) is 0 Å². The van der Waals surface area contributed by atoms with Crippen molar-refractivity contribution in [3.63, 3.8) is 0 Å². The number of nitrogens with two attached hydrogens (primary N) is 1. The van der Waals surface area contributed by atoms with Crippen LogP contribution < -0.4 is 5.73 Å². The number of hydrogen-bond acceptors (Lipinski definition) is 3. The van der Waals surface area contributed by atoms with Crippen LogP contribution in [-0.2, 0) is 4.79 Å². The summed E-state index contributed by atoms with van der Waals surface area (Å²) in [5.74, 6) is 0.291. The zero-order valence-corrected chi connectivity index (χ0v) is 12.3. The summed E-state index contributed by atoms with van der Waals surface area (Å²) >= 11 is 0. The number of likely N-dealkylation sites (tertiary alicyclic amines) is 2. The first kappa shape index (κ1) is 15.7. The van der Waals surface area contributed by atoms with Crippen molar-refractivity contribution < 1.29 is 4.79 Å². The van der Waals surface area contributed by atoms with Gasteiger partial charge >= 0.3 is 0 Å². The Hall–Kier alpha value is -0.320. The number of piperidine rings is 1. The van der Waals surface area contributed by atoms with Crippen LogP contribution in [0.15, 0.2) is 0 Å². The van der Waals surface area contributed by atoms with Gasteiger partial charge in [0.25, 0.3) is 0 Å². The second-order valence-corrected chi connectivity index (χ2v) is 5.71. The highest BCUT2D eigenvalue weighted by Crippen LogP contribution is 2.23. The Morgan fingerprint density at radius 3 is 2.33 bits per heavy atom. The Labute approximate surface area is 116 Å². The molecule has 106 valence electrons. The van der Waals surface area contributed by atoms with Gasteiger partial charge in [0.05, 0.1) is 6.54 Å². The summed E-state index contributed by atoms with van der Waals surface area (Å²) in [5.41, 5.74) is 5.87. The van der Waals surface area contributed by atoms with Crippen LogP contribution in [0.2, 0.25) is 0 Å². The maximum Gasteiger partial charge on any atom is 0.237 e. The Morgan fingerprint density at radius 2 is 1.83 bits per heavy atom. The third-order valence-electron chi connectivity index (χ3n) is 4.15. The molecule has 2 unspecified atom stereocenters. The van der Waals surface area contributed by atoms with E-state index >= 15 is 0 Å². The standard InChI is InChI=1S/C13H25N3O.ClH/c1-10-4-3-5-11(2)16(10)13(17)9-15-7-6-12(14)8-15;/h10-12H,3-9,14H2,1-2H3;1H/t10?,11?,12-;/m0./s1. The molecule has 0 spiro atoms. The van der Waals surface area contributed by atoms with Crippen molar-refractivity contribution >= 4 is 18.3 Å². The molecule has 1 amide bonds. The second kappa shape index (κ2) is 6.73. The van der Waals surface area contributed by atoms with E-state index in [2.05, 4.69) is 23.6 Å². The molecule has 2 heterocycles. The molecule has 0 bridgehead atoms. The predicted molar refractivity (Wildman–Crippen MR) is 75.9 cm³/mol. The first-order valence-corrected chi connectivity index (χ1v) is 6.87. The van der Waals surface area contributed by atoms with E-state index < -0.39 is 0 Å². The van der Waals surface area contributed by atoms with E-state index in [0.717, 1.165) is 32.4 Å². The van der Waals surface area contributed by atoms with E-state index in [-0.39, 0.29) is 18.4 Å². The number of amides is 1. The van der Waals surface area contributed by atoms with Crippen LogP contribution in [0.4, 0.5) is 0 Å². The van der Waals surface area contributed by atoms with Crippen molar-refractivity contribution in [3.05, 3.63) is 0 Å². The molecule has 0 aromatic carbocycles. The third kappa shape index (κ3) is 3.59. The van der Waals surface area contributed by atoms with Gasteiger partial charge in [0, 0.05) is 31.2 Å². The minimum absolute atomic E-state index is 0. The lowest BCUT2D eigenvalue weighted by Crippen LogP contribution is -2.51. The Bertz CT molecular complexity index is 277. The summed E-state index contributed by atoms with van der Waals surface area (Å²) < 4.78 is 0. The summed E-state index contributed by atoms with van der Waals surface area (Å²) in [7, 11) is 0. The summed E-state index contributed by atoms with van der Waals surface area (Å²) in [6, 6.07) is 1.07. The molecule has 5 heteroatoms. The topological polar surface area (TPSA) is 49.6 Å². The van der Waals surface area contributed by atoms with E-state index in [0.29, 0.717) is 24.5 Å². The normalized spacial score (nSPS) is 33.3. The Balaban J connectivity index is 0.00000162. The van der Waals surface area contributed by atoms with Gasteiger partial charge in [-0.15, -0.1) is 12.4 Å². The lowest BCUT2D eigenvalue weighted by Gasteiger charge is -2.39. The van der Waals surface area contributed by atoms with Gasteiger partial charge in [0.1, 0.15) is 0 Å². The lowest BCUT2D eigenvalue weighted by molar-refractivity contribution is -0.138. The van der Waals surface area contributed by atoms with Crippen LogP contribution >= 0.6 is 12.4 Å². The van der Waals surface area contributed by atoms with E-state index in [1.165, 1.54) is 6.42 Å². The number of carbonyl (C=O) groups is 1. The van der Waals surface area contributed by atoms with E-state index in [4.69, 9.17) is 5.73 Å². The molecule has 0 aliphatic carbocycles. The van der Waals surface area contributed by atoms with E-state index in [1.807, 2.05) is 0 Å². The fraction of sp³-hybridized carbons (Fsp3) is 0.923. The molecule has 18 heavy (non-hydrogen) atoms. The smallest absolute Gasteiger partial charge is 0.237 e. The molecule has 0 saturated carbocycles. The molecule has 2 rings (SSSR count). The van der Waals surface area contributed by atoms with Crippen molar-refractivity contribution in [1.82, 2.24) is 9.80 Å². The van der Waals surface area contributed by atoms with Gasteiger partial charge in [-0.2, -0.15) is 0 Å². The molecule has 3 atom stereocenters. The van der Waals surface area contributed by atoms with Gasteiger partial charge in [0.15, 0.2) is 0 Å². The van der Waals surface area contributed by atoms with Gasteiger partial charge in [0.2, 0.25) is 5.91 Å². The molecule has 2 saturated heterocycles. The largest absolute Gasteiger partial charge is 0.336 e. The van der Waals surface area contributed by atoms with E-state index in [1.54, 1.807) is 0 Å². The SMILES string of the molecule is CC1CCCC(C)N1C(=O)CN1CC[C@H](N)C1.Cl. The molecule has 0 radical (unpaired) electrons. The third-order valence-corrected chi connectivity index (χ3v) is 4.15. The quantitative estimate of drug-likeness (QED) is 0.825. The molecule has 4 nitrogen and oxygen atoms in total. The second-order valence-electron chi connectivity index (χ2n) is 5.71. The average Bonchev–Trinajstić information content (AvgIpc) is 2.63. The summed E-state index contributed by atoms with van der Waals surface area (Å²) in [5, 5.41) is 0. The molecule has 2 aliphatic heterocycles.